The van der Waals surface area contributed by atoms with Crippen LogP contribution in [-0.4, -0.2) is 11.8 Å². The van der Waals surface area contributed by atoms with Gasteiger partial charge in [0.1, 0.15) is 5.78 Å². The first kappa shape index (κ1) is 16.2. The summed E-state index contributed by atoms with van der Waals surface area (Å²) in [4.78, 5) is 22.3. The van der Waals surface area contributed by atoms with Gasteiger partial charge in [-0.1, -0.05) is 31.3 Å². The molecule has 0 aromatic rings. The molecule has 0 amide bonds. The predicted octanol–water partition coefficient (Wildman–Crippen LogP) is 3.41. The molecular weight excluding hydrogens is 252 g/mol. The van der Waals surface area contributed by atoms with Crippen molar-refractivity contribution in [2.24, 2.45) is 11.3 Å². The second-order valence-corrected chi connectivity index (χ2v) is 5.93. The molecule has 0 bridgehead atoms. The molecule has 108 valence electrons. The first-order chi connectivity index (χ1) is 9.22. The minimum atomic E-state index is -0.341. The van der Waals surface area contributed by atoms with Crippen LogP contribution in [-0.2, 0) is 14.3 Å². The zero-order chi connectivity index (χ0) is 15.3. The molecule has 3 heteroatoms. The van der Waals surface area contributed by atoms with Gasteiger partial charge in [-0.15, -0.1) is 0 Å². The number of esters is 1. The van der Waals surface area contributed by atoms with Crippen LogP contribution in [0.5, 0.6) is 0 Å². The summed E-state index contributed by atoms with van der Waals surface area (Å²) in [5.74, 6) is 6.26. The van der Waals surface area contributed by atoms with Crippen LogP contribution >= 0.6 is 0 Å². The maximum atomic E-state index is 11.6. The van der Waals surface area contributed by atoms with E-state index in [4.69, 9.17) is 4.74 Å². The van der Waals surface area contributed by atoms with E-state index in [0.29, 0.717) is 12.8 Å². The van der Waals surface area contributed by atoms with E-state index >= 15 is 0 Å². The Hall–Kier alpha value is -1.82. The quantitative estimate of drug-likeness (QED) is 0.440. The number of rotatable bonds is 2. The average molecular weight is 274 g/mol. The fourth-order valence-electron chi connectivity index (χ4n) is 2.37. The summed E-state index contributed by atoms with van der Waals surface area (Å²) in [6.07, 6.45) is 4.17. The standard InChI is InChI=1S/C17H22O3/c1-12(8-9-20-14(3)18)6-7-16-13(2)10-15(19)11-17(16,4)5/h8-9,12H,10-11H2,1-5H3. The Kier molecular flexibility index (Phi) is 5.33. The van der Waals surface area contributed by atoms with Crippen molar-refractivity contribution in [1.82, 2.24) is 0 Å². The van der Waals surface area contributed by atoms with Crippen molar-refractivity contribution in [2.75, 3.05) is 0 Å². The van der Waals surface area contributed by atoms with Gasteiger partial charge in [-0.25, -0.2) is 0 Å². The summed E-state index contributed by atoms with van der Waals surface area (Å²) in [6.45, 7) is 9.37. The summed E-state index contributed by atoms with van der Waals surface area (Å²) < 4.78 is 4.74. The number of carbonyl (C=O) groups excluding carboxylic acids is 2. The van der Waals surface area contributed by atoms with Crippen LogP contribution in [0.3, 0.4) is 0 Å². The second-order valence-electron chi connectivity index (χ2n) is 5.93. The lowest BCUT2D eigenvalue weighted by Gasteiger charge is -2.30. The number of hydrogen-bond acceptors (Lipinski definition) is 3. The van der Waals surface area contributed by atoms with Gasteiger partial charge in [0.2, 0.25) is 0 Å². The van der Waals surface area contributed by atoms with Gasteiger partial charge in [0.25, 0.3) is 0 Å². The van der Waals surface area contributed by atoms with Crippen molar-refractivity contribution >= 4 is 11.8 Å². The zero-order valence-corrected chi connectivity index (χ0v) is 12.9. The molecule has 0 saturated carbocycles. The van der Waals surface area contributed by atoms with Gasteiger partial charge in [0.05, 0.1) is 6.26 Å². The molecule has 0 radical (unpaired) electrons. The first-order valence-corrected chi connectivity index (χ1v) is 6.79. The van der Waals surface area contributed by atoms with E-state index in [2.05, 4.69) is 25.7 Å². The third kappa shape index (κ3) is 4.70. The Balaban J connectivity index is 2.84. The molecule has 0 N–H and O–H groups in total. The summed E-state index contributed by atoms with van der Waals surface area (Å²) in [6, 6.07) is 0. The Morgan fingerprint density at radius 2 is 2.10 bits per heavy atom. The zero-order valence-electron chi connectivity index (χ0n) is 12.9. The van der Waals surface area contributed by atoms with Crippen molar-refractivity contribution in [1.29, 1.82) is 0 Å². The monoisotopic (exact) mass is 274 g/mol. The van der Waals surface area contributed by atoms with Crippen LogP contribution < -0.4 is 0 Å². The molecule has 0 aromatic carbocycles. The summed E-state index contributed by atoms with van der Waals surface area (Å²) in [5.41, 5.74) is 1.94. The highest BCUT2D eigenvalue weighted by Gasteiger charge is 2.31. The minimum Gasteiger partial charge on any atom is -0.435 e. The summed E-state index contributed by atoms with van der Waals surface area (Å²) in [7, 11) is 0. The largest absolute Gasteiger partial charge is 0.435 e. The minimum absolute atomic E-state index is 0.0110. The molecule has 0 aromatic heterocycles. The number of Topliss-reactive ketones (excluding diaryl/α,β-unsaturated/α-hetero) is 1. The number of hydrogen-bond donors (Lipinski definition) is 0. The van der Waals surface area contributed by atoms with Gasteiger partial charge in [-0.05, 0) is 19.9 Å². The molecule has 1 rings (SSSR count). The molecule has 20 heavy (non-hydrogen) atoms. The smallest absolute Gasteiger partial charge is 0.307 e. The molecule has 3 nitrogen and oxygen atoms in total. The molecule has 0 spiro atoms. The summed E-state index contributed by atoms with van der Waals surface area (Å²) in [5, 5.41) is 0. The maximum absolute atomic E-state index is 11.6. The van der Waals surface area contributed by atoms with E-state index in [-0.39, 0.29) is 23.1 Å². The molecule has 1 atom stereocenters. The highest BCUT2D eigenvalue weighted by atomic mass is 16.5. The Morgan fingerprint density at radius 1 is 1.45 bits per heavy atom. The number of allylic oxidation sites excluding steroid dienone is 3. The van der Waals surface area contributed by atoms with Crippen molar-refractivity contribution in [3.05, 3.63) is 23.5 Å². The van der Waals surface area contributed by atoms with Gasteiger partial charge in [-0.3, -0.25) is 9.59 Å². The Labute approximate surface area is 121 Å². The van der Waals surface area contributed by atoms with Crippen LogP contribution in [0, 0.1) is 23.2 Å². The Bertz CT molecular complexity index is 524. The van der Waals surface area contributed by atoms with E-state index < -0.39 is 0 Å². The predicted molar refractivity (Wildman–Crippen MR) is 78.6 cm³/mol. The van der Waals surface area contributed by atoms with Crippen LogP contribution in [0.2, 0.25) is 0 Å². The van der Waals surface area contributed by atoms with E-state index in [1.165, 1.54) is 13.2 Å². The van der Waals surface area contributed by atoms with Gasteiger partial charge >= 0.3 is 5.97 Å². The van der Waals surface area contributed by atoms with Crippen LogP contribution in [0.4, 0.5) is 0 Å². The number of ketones is 1. The number of ether oxygens (including phenoxy) is 1. The lowest BCUT2D eigenvalue weighted by atomic mass is 9.72. The molecular formula is C17H22O3. The van der Waals surface area contributed by atoms with E-state index in [1.807, 2.05) is 13.8 Å². The van der Waals surface area contributed by atoms with Crippen LogP contribution in [0.25, 0.3) is 0 Å². The lowest BCUT2D eigenvalue weighted by Crippen LogP contribution is -2.25. The maximum Gasteiger partial charge on any atom is 0.307 e. The molecule has 1 aliphatic rings. The van der Waals surface area contributed by atoms with Crippen molar-refractivity contribution in [3.8, 4) is 11.8 Å². The molecule has 0 heterocycles. The number of carbonyl (C=O) groups is 2. The van der Waals surface area contributed by atoms with Crippen molar-refractivity contribution in [2.45, 2.75) is 47.5 Å². The van der Waals surface area contributed by atoms with Gasteiger partial charge in [0.15, 0.2) is 0 Å². The van der Waals surface area contributed by atoms with E-state index in [1.54, 1.807) is 6.08 Å². The van der Waals surface area contributed by atoms with Crippen LogP contribution in [0.15, 0.2) is 23.5 Å². The van der Waals surface area contributed by atoms with Gasteiger partial charge in [0, 0.05) is 36.7 Å². The van der Waals surface area contributed by atoms with E-state index in [0.717, 1.165) is 11.1 Å². The highest BCUT2D eigenvalue weighted by Crippen LogP contribution is 2.38. The highest BCUT2D eigenvalue weighted by molar-refractivity contribution is 5.84. The Morgan fingerprint density at radius 3 is 2.65 bits per heavy atom. The molecule has 1 unspecified atom stereocenters. The SMILES string of the molecule is CC(=O)OC=CC(C)C#CC1=C(C)CC(=O)CC1(C)C. The van der Waals surface area contributed by atoms with Crippen molar-refractivity contribution < 1.29 is 14.3 Å². The molecule has 0 saturated heterocycles. The fourth-order valence-corrected chi connectivity index (χ4v) is 2.37. The van der Waals surface area contributed by atoms with Crippen molar-refractivity contribution in [3.63, 3.8) is 0 Å². The normalized spacial score (nSPS) is 19.6. The lowest BCUT2D eigenvalue weighted by molar-refractivity contribution is -0.135. The third-order valence-corrected chi connectivity index (χ3v) is 3.23. The second kappa shape index (κ2) is 6.56. The first-order valence-electron chi connectivity index (χ1n) is 6.79. The van der Waals surface area contributed by atoms with Crippen LogP contribution in [0.1, 0.15) is 47.5 Å². The average Bonchev–Trinajstić information content (AvgIpc) is 2.25. The topological polar surface area (TPSA) is 43.4 Å². The fraction of sp³-hybridized carbons (Fsp3) is 0.529. The summed E-state index contributed by atoms with van der Waals surface area (Å²) >= 11 is 0. The molecule has 0 aliphatic heterocycles. The third-order valence-electron chi connectivity index (χ3n) is 3.23. The van der Waals surface area contributed by atoms with Gasteiger partial charge < -0.3 is 4.74 Å². The molecule has 1 aliphatic carbocycles. The van der Waals surface area contributed by atoms with E-state index in [9.17, 15) is 9.59 Å². The van der Waals surface area contributed by atoms with Gasteiger partial charge in [-0.2, -0.15) is 0 Å². The molecule has 0 fully saturated rings.